The van der Waals surface area contributed by atoms with Gasteiger partial charge < -0.3 is 5.32 Å². The number of hydrogen-bond acceptors (Lipinski definition) is 5. The number of nitrogens with one attached hydrogen (secondary N) is 2. The topological polar surface area (TPSA) is 88.9 Å². The molecule has 0 atom stereocenters. The Kier molecular flexibility index (Phi) is 4.15. The summed E-state index contributed by atoms with van der Waals surface area (Å²) in [6.45, 7) is 2.54. The van der Waals surface area contributed by atoms with E-state index in [2.05, 4.69) is 20.1 Å². The molecule has 108 valence electrons. The van der Waals surface area contributed by atoms with Gasteiger partial charge in [0.2, 0.25) is 0 Å². The first-order chi connectivity index (χ1) is 9.44. The molecular weight excluding hydrogens is 302 g/mol. The van der Waals surface area contributed by atoms with E-state index in [0.717, 1.165) is 0 Å². The van der Waals surface area contributed by atoms with Crippen LogP contribution in [0.15, 0.2) is 29.4 Å². The lowest BCUT2D eigenvalue weighted by Crippen LogP contribution is -2.16. The van der Waals surface area contributed by atoms with Gasteiger partial charge in [0.25, 0.3) is 10.0 Å². The third kappa shape index (κ3) is 3.02. The Morgan fingerprint density at radius 3 is 2.75 bits per heavy atom. The molecule has 2 aromatic rings. The van der Waals surface area contributed by atoms with E-state index in [1.807, 2.05) is 6.92 Å². The van der Waals surface area contributed by atoms with Crippen molar-refractivity contribution in [3.63, 3.8) is 0 Å². The fraction of sp³-hybridized carbons (Fsp3) is 0.273. The van der Waals surface area contributed by atoms with Crippen LogP contribution < -0.4 is 10.0 Å². The van der Waals surface area contributed by atoms with Gasteiger partial charge in [0.15, 0.2) is 0 Å². The van der Waals surface area contributed by atoms with Crippen LogP contribution in [0, 0.1) is 0 Å². The largest absolute Gasteiger partial charge is 0.369 e. The molecule has 7 nitrogen and oxygen atoms in total. The highest BCUT2D eigenvalue weighted by Crippen LogP contribution is 2.23. The van der Waals surface area contributed by atoms with Crippen molar-refractivity contribution >= 4 is 33.3 Å². The first-order valence-electron chi connectivity index (χ1n) is 5.84. The molecule has 2 aromatic heterocycles. The molecule has 0 bridgehead atoms. The number of pyridine rings is 1. The Morgan fingerprint density at radius 2 is 2.20 bits per heavy atom. The number of halogens is 1. The van der Waals surface area contributed by atoms with Gasteiger partial charge in [-0.05, 0) is 13.0 Å². The first kappa shape index (κ1) is 14.6. The highest BCUT2D eigenvalue weighted by molar-refractivity contribution is 7.92. The Bertz CT molecular complexity index is 713. The molecule has 2 heterocycles. The summed E-state index contributed by atoms with van der Waals surface area (Å²) in [4.78, 5) is 3.99. The summed E-state index contributed by atoms with van der Waals surface area (Å²) < 4.78 is 28.2. The van der Waals surface area contributed by atoms with Crippen LogP contribution in [-0.4, -0.2) is 29.7 Å². The van der Waals surface area contributed by atoms with Gasteiger partial charge in [-0.2, -0.15) is 5.10 Å². The highest BCUT2D eigenvalue weighted by Gasteiger charge is 2.18. The van der Waals surface area contributed by atoms with Gasteiger partial charge in [-0.3, -0.25) is 9.40 Å². The van der Waals surface area contributed by atoms with Gasteiger partial charge >= 0.3 is 0 Å². The van der Waals surface area contributed by atoms with Gasteiger partial charge in [-0.15, -0.1) is 0 Å². The summed E-state index contributed by atoms with van der Waals surface area (Å²) in [6.07, 6.45) is 2.75. The molecule has 0 saturated heterocycles. The van der Waals surface area contributed by atoms with E-state index >= 15 is 0 Å². The lowest BCUT2D eigenvalue weighted by molar-refractivity contribution is 0.600. The van der Waals surface area contributed by atoms with E-state index in [1.54, 1.807) is 13.1 Å². The number of aryl methyl sites for hydroxylation is 1. The molecule has 0 aliphatic carbocycles. The summed E-state index contributed by atoms with van der Waals surface area (Å²) in [5.41, 5.74) is 0. The van der Waals surface area contributed by atoms with Crippen LogP contribution in [-0.2, 0) is 17.1 Å². The molecule has 0 radical (unpaired) electrons. The van der Waals surface area contributed by atoms with Crippen molar-refractivity contribution in [1.82, 2.24) is 14.8 Å². The number of rotatable bonds is 5. The zero-order chi connectivity index (χ0) is 14.8. The Balaban J connectivity index is 2.30. The number of anilines is 2. The lowest BCUT2D eigenvalue weighted by Gasteiger charge is -2.10. The second kappa shape index (κ2) is 5.68. The van der Waals surface area contributed by atoms with Crippen LogP contribution in [0.5, 0.6) is 0 Å². The first-order valence-corrected chi connectivity index (χ1v) is 7.70. The maximum absolute atomic E-state index is 12.2. The summed E-state index contributed by atoms with van der Waals surface area (Å²) in [5.74, 6) is 0.811. The SMILES string of the molecule is CCNc1ncc(S(=O)(=O)Nc2ccnn2C)cc1Cl. The molecule has 0 amide bonds. The smallest absolute Gasteiger partial charge is 0.264 e. The van der Waals surface area contributed by atoms with Crippen LogP contribution in [0.2, 0.25) is 5.02 Å². The quantitative estimate of drug-likeness (QED) is 0.876. The van der Waals surface area contributed by atoms with Gasteiger partial charge in [-0.1, -0.05) is 11.6 Å². The number of nitrogens with zero attached hydrogens (tertiary/aromatic N) is 3. The molecule has 2 rings (SSSR count). The van der Waals surface area contributed by atoms with Crippen molar-refractivity contribution in [1.29, 1.82) is 0 Å². The van der Waals surface area contributed by atoms with Crippen molar-refractivity contribution in [2.75, 3.05) is 16.6 Å². The van der Waals surface area contributed by atoms with E-state index in [-0.39, 0.29) is 9.92 Å². The molecule has 0 spiro atoms. The van der Waals surface area contributed by atoms with Crippen molar-refractivity contribution in [2.24, 2.45) is 7.05 Å². The summed E-state index contributed by atoms with van der Waals surface area (Å²) in [6, 6.07) is 2.91. The van der Waals surface area contributed by atoms with Crippen molar-refractivity contribution in [2.45, 2.75) is 11.8 Å². The standard InChI is InChI=1S/C11H14ClN5O2S/c1-3-13-11-9(12)6-8(7-14-11)20(18,19)16-10-4-5-15-17(10)2/h4-7,16H,3H2,1-2H3,(H,13,14). The van der Waals surface area contributed by atoms with Crippen molar-refractivity contribution < 1.29 is 8.42 Å². The monoisotopic (exact) mass is 315 g/mol. The second-order valence-electron chi connectivity index (χ2n) is 3.98. The minimum Gasteiger partial charge on any atom is -0.369 e. The average molecular weight is 316 g/mol. The van der Waals surface area contributed by atoms with E-state index < -0.39 is 10.0 Å². The van der Waals surface area contributed by atoms with Crippen LogP contribution in [0.25, 0.3) is 0 Å². The van der Waals surface area contributed by atoms with Crippen LogP contribution in [0.4, 0.5) is 11.6 Å². The van der Waals surface area contributed by atoms with E-state index in [1.165, 1.54) is 23.1 Å². The highest BCUT2D eigenvalue weighted by atomic mass is 35.5. The summed E-state index contributed by atoms with van der Waals surface area (Å²) in [7, 11) is -2.11. The van der Waals surface area contributed by atoms with Crippen LogP contribution >= 0.6 is 11.6 Å². The zero-order valence-electron chi connectivity index (χ0n) is 11.0. The minimum absolute atomic E-state index is 0.00893. The third-order valence-electron chi connectivity index (χ3n) is 2.53. The molecule has 20 heavy (non-hydrogen) atoms. The minimum atomic E-state index is -3.75. The molecular formula is C11H14ClN5O2S. The van der Waals surface area contributed by atoms with E-state index in [4.69, 9.17) is 11.6 Å². The molecule has 0 unspecified atom stereocenters. The molecule has 0 aliphatic rings. The van der Waals surface area contributed by atoms with Gasteiger partial charge in [0.1, 0.15) is 16.5 Å². The molecule has 2 N–H and O–H groups in total. The number of hydrogen-bond donors (Lipinski definition) is 2. The lowest BCUT2D eigenvalue weighted by atomic mass is 10.4. The van der Waals surface area contributed by atoms with Gasteiger partial charge in [0.05, 0.1) is 11.2 Å². The van der Waals surface area contributed by atoms with Gasteiger partial charge in [-0.25, -0.2) is 13.4 Å². The Hall–Kier alpha value is -1.80. The Morgan fingerprint density at radius 1 is 1.45 bits per heavy atom. The predicted octanol–water partition coefficient (Wildman–Crippen LogP) is 1.70. The predicted molar refractivity (Wildman–Crippen MR) is 77.4 cm³/mol. The molecule has 9 heteroatoms. The molecule has 0 saturated carbocycles. The zero-order valence-corrected chi connectivity index (χ0v) is 12.5. The Labute approximate surface area is 122 Å². The van der Waals surface area contributed by atoms with Crippen molar-refractivity contribution in [3.8, 4) is 0 Å². The molecule has 0 aromatic carbocycles. The summed E-state index contributed by atoms with van der Waals surface area (Å²) >= 11 is 5.99. The average Bonchev–Trinajstić information content (AvgIpc) is 2.77. The van der Waals surface area contributed by atoms with Crippen LogP contribution in [0.3, 0.4) is 0 Å². The second-order valence-corrected chi connectivity index (χ2v) is 6.07. The number of aromatic nitrogens is 3. The summed E-state index contributed by atoms with van der Waals surface area (Å²) in [5, 5.41) is 7.07. The molecule has 0 fully saturated rings. The maximum atomic E-state index is 12.2. The van der Waals surface area contributed by atoms with Crippen molar-refractivity contribution in [3.05, 3.63) is 29.5 Å². The third-order valence-corrected chi connectivity index (χ3v) is 4.14. The van der Waals surface area contributed by atoms with Crippen LogP contribution in [0.1, 0.15) is 6.92 Å². The van der Waals surface area contributed by atoms with Gasteiger partial charge in [0, 0.05) is 25.9 Å². The molecule has 0 aliphatic heterocycles. The maximum Gasteiger partial charge on any atom is 0.264 e. The van der Waals surface area contributed by atoms with E-state index in [0.29, 0.717) is 18.2 Å². The fourth-order valence-corrected chi connectivity index (χ4v) is 2.89. The number of sulfonamides is 1. The normalized spacial score (nSPS) is 11.3. The van der Waals surface area contributed by atoms with E-state index in [9.17, 15) is 8.42 Å². The fourth-order valence-electron chi connectivity index (χ4n) is 1.54.